The van der Waals surface area contributed by atoms with Crippen LogP contribution in [0.25, 0.3) is 10.8 Å². The molecule has 0 radical (unpaired) electrons. The van der Waals surface area contributed by atoms with E-state index in [1.54, 1.807) is 6.20 Å². The molecule has 0 aliphatic carbocycles. The van der Waals surface area contributed by atoms with Crippen LogP contribution >= 0.6 is 0 Å². The van der Waals surface area contributed by atoms with Crippen molar-refractivity contribution in [3.05, 3.63) is 36.5 Å². The number of ether oxygens (including phenoxy) is 1. The zero-order valence-electron chi connectivity index (χ0n) is 10.3. The van der Waals surface area contributed by atoms with Crippen LogP contribution in [-0.4, -0.2) is 17.7 Å². The highest BCUT2D eigenvalue weighted by atomic mass is 16.5. The van der Waals surface area contributed by atoms with E-state index >= 15 is 0 Å². The van der Waals surface area contributed by atoms with E-state index in [4.69, 9.17) is 4.74 Å². The number of hydrogen-bond acceptors (Lipinski definition) is 3. The van der Waals surface area contributed by atoms with Crippen LogP contribution in [0.15, 0.2) is 36.5 Å². The van der Waals surface area contributed by atoms with Gasteiger partial charge in [-0.1, -0.05) is 37.6 Å². The van der Waals surface area contributed by atoms with Crippen molar-refractivity contribution in [3.63, 3.8) is 0 Å². The topological polar surface area (TPSA) is 51.2 Å². The van der Waals surface area contributed by atoms with Gasteiger partial charge in [0.05, 0.1) is 6.61 Å². The summed E-state index contributed by atoms with van der Waals surface area (Å²) in [6, 6.07) is 9.67. The summed E-state index contributed by atoms with van der Waals surface area (Å²) in [7, 11) is 0. The van der Waals surface area contributed by atoms with Gasteiger partial charge >= 0.3 is 6.09 Å². The minimum Gasteiger partial charge on any atom is -0.449 e. The number of carbonyl (C=O) groups is 1. The van der Waals surface area contributed by atoms with Gasteiger partial charge in [-0.3, -0.25) is 5.32 Å². The Morgan fingerprint density at radius 2 is 2.17 bits per heavy atom. The van der Waals surface area contributed by atoms with Crippen molar-refractivity contribution < 1.29 is 9.53 Å². The molecule has 0 spiro atoms. The van der Waals surface area contributed by atoms with Crippen LogP contribution in [0.1, 0.15) is 19.8 Å². The number of hydrogen-bond donors (Lipinski definition) is 1. The monoisotopic (exact) mass is 244 g/mol. The summed E-state index contributed by atoms with van der Waals surface area (Å²) in [5, 5.41) is 4.62. The average molecular weight is 244 g/mol. The first-order valence-electron chi connectivity index (χ1n) is 6.09. The van der Waals surface area contributed by atoms with Crippen molar-refractivity contribution in [1.29, 1.82) is 0 Å². The maximum atomic E-state index is 11.6. The Morgan fingerprint density at radius 3 is 3.00 bits per heavy atom. The number of nitrogens with zero attached hydrogens (tertiary/aromatic N) is 1. The molecule has 0 unspecified atom stereocenters. The minimum atomic E-state index is -0.452. The summed E-state index contributed by atoms with van der Waals surface area (Å²) >= 11 is 0. The van der Waals surface area contributed by atoms with Crippen LogP contribution in [0, 0.1) is 0 Å². The third-order valence-electron chi connectivity index (χ3n) is 2.63. The second-order valence-corrected chi connectivity index (χ2v) is 4.00. The molecule has 0 saturated carbocycles. The molecule has 1 aromatic heterocycles. The van der Waals surface area contributed by atoms with Crippen molar-refractivity contribution in [2.45, 2.75) is 19.8 Å². The molecule has 1 heterocycles. The molecule has 0 aliphatic heterocycles. The van der Waals surface area contributed by atoms with E-state index in [-0.39, 0.29) is 0 Å². The summed E-state index contributed by atoms with van der Waals surface area (Å²) in [4.78, 5) is 15.7. The normalized spacial score (nSPS) is 10.3. The number of nitrogens with one attached hydrogen (secondary N) is 1. The Bertz CT molecular complexity index is 535. The maximum absolute atomic E-state index is 11.6. The summed E-state index contributed by atoms with van der Waals surface area (Å²) in [6.07, 6.45) is 3.09. The van der Waals surface area contributed by atoms with Crippen molar-refractivity contribution >= 4 is 22.7 Å². The van der Waals surface area contributed by atoms with E-state index in [1.165, 1.54) is 0 Å². The van der Waals surface area contributed by atoms with E-state index in [1.807, 2.05) is 37.3 Å². The molecule has 1 aromatic carbocycles. The fourth-order valence-corrected chi connectivity index (χ4v) is 1.66. The number of fused-ring (bicyclic) bond motifs is 1. The lowest BCUT2D eigenvalue weighted by molar-refractivity contribution is 0.160. The lowest BCUT2D eigenvalue weighted by atomic mass is 10.1. The number of benzene rings is 1. The third kappa shape index (κ3) is 2.97. The van der Waals surface area contributed by atoms with Crippen LogP contribution in [0.5, 0.6) is 0 Å². The molecule has 94 valence electrons. The van der Waals surface area contributed by atoms with E-state index < -0.39 is 6.09 Å². The Hall–Kier alpha value is -2.10. The Kier molecular flexibility index (Phi) is 4.12. The summed E-state index contributed by atoms with van der Waals surface area (Å²) in [6.45, 7) is 2.49. The van der Waals surface area contributed by atoms with Crippen LogP contribution in [0.2, 0.25) is 0 Å². The van der Waals surface area contributed by atoms with Crippen molar-refractivity contribution in [2.75, 3.05) is 11.9 Å². The SMILES string of the molecule is CCCCOC(=O)Nc1nccc2ccccc12. The predicted octanol–water partition coefficient (Wildman–Crippen LogP) is 3.58. The Balaban J connectivity index is 2.09. The number of rotatable bonds is 4. The minimum absolute atomic E-state index is 0.438. The Morgan fingerprint density at radius 1 is 1.33 bits per heavy atom. The van der Waals surface area contributed by atoms with Crippen LogP contribution in [0.3, 0.4) is 0 Å². The van der Waals surface area contributed by atoms with Crippen molar-refractivity contribution in [1.82, 2.24) is 4.98 Å². The van der Waals surface area contributed by atoms with Gasteiger partial charge in [0, 0.05) is 11.6 Å². The second-order valence-electron chi connectivity index (χ2n) is 4.00. The van der Waals surface area contributed by atoms with Gasteiger partial charge in [-0.25, -0.2) is 9.78 Å². The average Bonchev–Trinajstić information content (AvgIpc) is 2.39. The first-order chi connectivity index (χ1) is 8.81. The molecule has 0 bridgehead atoms. The molecule has 4 heteroatoms. The molecular weight excluding hydrogens is 228 g/mol. The van der Waals surface area contributed by atoms with Gasteiger partial charge < -0.3 is 4.74 Å². The molecule has 4 nitrogen and oxygen atoms in total. The van der Waals surface area contributed by atoms with E-state index in [9.17, 15) is 4.79 Å². The molecular formula is C14H16N2O2. The Labute approximate surface area is 106 Å². The zero-order valence-corrected chi connectivity index (χ0v) is 10.3. The van der Waals surface area contributed by atoms with Gasteiger partial charge in [0.15, 0.2) is 0 Å². The molecule has 1 N–H and O–H groups in total. The number of aromatic nitrogens is 1. The van der Waals surface area contributed by atoms with E-state index in [0.717, 1.165) is 23.6 Å². The summed E-state index contributed by atoms with van der Waals surface area (Å²) in [5.74, 6) is 0.537. The number of pyridine rings is 1. The van der Waals surface area contributed by atoms with Crippen LogP contribution in [-0.2, 0) is 4.74 Å². The quantitative estimate of drug-likeness (QED) is 0.836. The van der Waals surface area contributed by atoms with E-state index in [2.05, 4.69) is 10.3 Å². The van der Waals surface area contributed by atoms with Crippen LogP contribution in [0.4, 0.5) is 10.6 Å². The highest BCUT2D eigenvalue weighted by Gasteiger charge is 2.06. The smallest absolute Gasteiger partial charge is 0.412 e. The third-order valence-corrected chi connectivity index (χ3v) is 2.63. The zero-order chi connectivity index (χ0) is 12.8. The molecule has 0 aliphatic rings. The predicted molar refractivity (Wildman–Crippen MR) is 71.6 cm³/mol. The first kappa shape index (κ1) is 12.4. The number of unbranched alkanes of at least 4 members (excludes halogenated alkanes) is 1. The molecule has 18 heavy (non-hydrogen) atoms. The number of anilines is 1. The van der Waals surface area contributed by atoms with Crippen molar-refractivity contribution in [3.8, 4) is 0 Å². The summed E-state index contributed by atoms with van der Waals surface area (Å²) < 4.78 is 5.05. The van der Waals surface area contributed by atoms with Gasteiger partial charge in [-0.05, 0) is 17.9 Å². The molecule has 0 fully saturated rings. The largest absolute Gasteiger partial charge is 0.449 e. The lowest BCUT2D eigenvalue weighted by Crippen LogP contribution is -2.15. The van der Waals surface area contributed by atoms with Gasteiger partial charge in [-0.2, -0.15) is 0 Å². The van der Waals surface area contributed by atoms with Gasteiger partial charge in [0.25, 0.3) is 0 Å². The van der Waals surface area contributed by atoms with Gasteiger partial charge in [0.1, 0.15) is 5.82 Å². The highest BCUT2D eigenvalue weighted by Crippen LogP contribution is 2.20. The fraction of sp³-hybridized carbons (Fsp3) is 0.286. The standard InChI is InChI=1S/C14H16N2O2/c1-2-3-10-18-14(17)16-13-12-7-5-4-6-11(12)8-9-15-13/h4-9H,2-3,10H2,1H3,(H,15,16,17). The molecule has 2 aromatic rings. The van der Waals surface area contributed by atoms with E-state index in [0.29, 0.717) is 12.4 Å². The lowest BCUT2D eigenvalue weighted by Gasteiger charge is -2.08. The molecule has 0 atom stereocenters. The molecule has 0 saturated heterocycles. The van der Waals surface area contributed by atoms with Gasteiger partial charge in [-0.15, -0.1) is 0 Å². The number of carbonyl (C=O) groups excluding carboxylic acids is 1. The van der Waals surface area contributed by atoms with Gasteiger partial charge in [0.2, 0.25) is 0 Å². The first-order valence-corrected chi connectivity index (χ1v) is 6.09. The maximum Gasteiger partial charge on any atom is 0.412 e. The van der Waals surface area contributed by atoms with Crippen molar-refractivity contribution in [2.24, 2.45) is 0 Å². The molecule has 1 amide bonds. The van der Waals surface area contributed by atoms with Crippen LogP contribution < -0.4 is 5.32 Å². The fourth-order valence-electron chi connectivity index (χ4n) is 1.66. The molecule has 2 rings (SSSR count). The summed E-state index contributed by atoms with van der Waals surface area (Å²) in [5.41, 5.74) is 0. The number of amides is 1. The highest BCUT2D eigenvalue weighted by molar-refractivity contribution is 5.97. The second kappa shape index (κ2) is 6.00.